The van der Waals surface area contributed by atoms with Gasteiger partial charge < -0.3 is 9.84 Å². The Morgan fingerprint density at radius 3 is 2.25 bits per heavy atom. The lowest BCUT2D eigenvalue weighted by Crippen LogP contribution is -2.51. The van der Waals surface area contributed by atoms with Gasteiger partial charge in [0.1, 0.15) is 17.1 Å². The fraction of sp³-hybridized carbons (Fsp3) is 0.464. The number of ether oxygens (including phenoxy) is 1. The fourth-order valence-corrected chi connectivity index (χ4v) is 6.55. The summed E-state index contributed by atoms with van der Waals surface area (Å²) in [5, 5.41) is 10.1. The Hall–Kier alpha value is -2.18. The summed E-state index contributed by atoms with van der Waals surface area (Å²) in [6, 6.07) is 15.1. The van der Waals surface area contributed by atoms with Gasteiger partial charge in [-0.05, 0) is 80.7 Å². The lowest BCUT2D eigenvalue weighted by Gasteiger charge is -2.38. The average Bonchev–Trinajstić information content (AvgIpc) is 2.91. The molecule has 0 saturated carbocycles. The Morgan fingerprint density at radius 2 is 1.61 bits per heavy atom. The Labute approximate surface area is 224 Å². The van der Waals surface area contributed by atoms with Gasteiger partial charge in [0.25, 0.3) is 0 Å². The molecule has 2 aromatic carbocycles. The van der Waals surface area contributed by atoms with Crippen LogP contribution in [0.2, 0.25) is 0 Å². The molecular weight excluding hydrogens is 540 g/mol. The molecule has 4 rings (SSSR count). The molecule has 36 heavy (non-hydrogen) atoms. The average molecular weight is 574 g/mol. The van der Waals surface area contributed by atoms with Crippen molar-refractivity contribution in [2.45, 2.75) is 48.3 Å². The molecule has 2 aliphatic heterocycles. The molecule has 192 valence electrons. The van der Waals surface area contributed by atoms with Crippen LogP contribution in [0.25, 0.3) is 0 Å². The maximum atomic E-state index is 13.5. The number of halogens is 1. The van der Waals surface area contributed by atoms with Gasteiger partial charge in [0, 0.05) is 29.0 Å². The first kappa shape index (κ1) is 26.9. The van der Waals surface area contributed by atoms with Crippen molar-refractivity contribution in [3.05, 3.63) is 58.6 Å². The van der Waals surface area contributed by atoms with E-state index in [-0.39, 0.29) is 0 Å². The Morgan fingerprint density at radius 1 is 0.944 bits per heavy atom. The van der Waals surface area contributed by atoms with Gasteiger partial charge in [-0.15, -0.1) is 0 Å². The second-order valence-electron chi connectivity index (χ2n) is 9.42. The van der Waals surface area contributed by atoms with Crippen molar-refractivity contribution in [3.8, 4) is 17.6 Å². The monoisotopic (exact) mass is 572 g/mol. The molecular formula is C28H33BrN2O4S. The second kappa shape index (κ2) is 12.9. The van der Waals surface area contributed by atoms with Crippen molar-refractivity contribution in [1.82, 2.24) is 9.80 Å². The van der Waals surface area contributed by atoms with E-state index < -0.39 is 21.5 Å². The van der Waals surface area contributed by atoms with Crippen molar-refractivity contribution in [2.24, 2.45) is 0 Å². The zero-order chi connectivity index (χ0) is 25.4. The van der Waals surface area contributed by atoms with Crippen LogP contribution in [0, 0.1) is 11.8 Å². The molecule has 0 amide bonds. The predicted octanol–water partition coefficient (Wildman–Crippen LogP) is 4.54. The number of hydrogen-bond acceptors (Lipinski definition) is 5. The molecule has 2 aliphatic rings. The van der Waals surface area contributed by atoms with E-state index in [4.69, 9.17) is 4.74 Å². The number of carbonyl (C=O) groups is 1. The van der Waals surface area contributed by atoms with E-state index >= 15 is 0 Å². The molecule has 2 saturated heterocycles. The summed E-state index contributed by atoms with van der Waals surface area (Å²) in [5.74, 6) is 5.87. The van der Waals surface area contributed by atoms with Gasteiger partial charge in [-0.1, -0.05) is 46.3 Å². The van der Waals surface area contributed by atoms with Crippen molar-refractivity contribution < 1.29 is 18.8 Å². The molecule has 0 aromatic heterocycles. The lowest BCUT2D eigenvalue weighted by atomic mass is 9.95. The number of hydrogen-bond donors (Lipinski definition) is 1. The molecule has 0 spiro atoms. The molecule has 1 atom stereocenters. The largest absolute Gasteiger partial charge is 0.481 e. The van der Waals surface area contributed by atoms with Crippen molar-refractivity contribution in [3.63, 3.8) is 0 Å². The summed E-state index contributed by atoms with van der Waals surface area (Å²) in [6.45, 7) is 5.24. The van der Waals surface area contributed by atoms with Crippen LogP contribution in [-0.4, -0.2) is 69.2 Å². The van der Waals surface area contributed by atoms with Gasteiger partial charge >= 0.3 is 5.97 Å². The Kier molecular flexibility index (Phi) is 9.60. The molecule has 8 heteroatoms. The first-order valence-corrected chi connectivity index (χ1v) is 14.4. The van der Waals surface area contributed by atoms with E-state index in [1.54, 1.807) is 24.3 Å². The highest BCUT2D eigenvalue weighted by Gasteiger charge is 2.47. The van der Waals surface area contributed by atoms with Gasteiger partial charge in [0.15, 0.2) is 0 Å². The third kappa shape index (κ3) is 6.98. The second-order valence-corrected chi connectivity index (χ2v) is 12.1. The molecule has 2 aromatic rings. The Bertz CT molecular complexity index is 1100. The summed E-state index contributed by atoms with van der Waals surface area (Å²) in [5.41, 5.74) is 1.17. The van der Waals surface area contributed by atoms with Gasteiger partial charge in [-0.3, -0.25) is 18.8 Å². The van der Waals surface area contributed by atoms with Crippen LogP contribution in [0.5, 0.6) is 5.75 Å². The van der Waals surface area contributed by atoms with Gasteiger partial charge in [0.2, 0.25) is 0 Å². The van der Waals surface area contributed by atoms with Crippen LogP contribution >= 0.6 is 15.9 Å². The minimum absolute atomic E-state index is 0.295. The van der Waals surface area contributed by atoms with E-state index in [0.717, 1.165) is 30.7 Å². The van der Waals surface area contributed by atoms with E-state index in [1.165, 1.54) is 24.8 Å². The molecule has 0 aliphatic carbocycles. The Balaban J connectivity index is 1.30. The zero-order valence-electron chi connectivity index (χ0n) is 20.5. The highest BCUT2D eigenvalue weighted by molar-refractivity contribution is 9.10. The van der Waals surface area contributed by atoms with Crippen LogP contribution in [0.15, 0.2) is 57.9 Å². The quantitative estimate of drug-likeness (QED) is 0.468. The maximum Gasteiger partial charge on any atom is 0.322 e. The molecule has 0 radical (unpaired) electrons. The zero-order valence-corrected chi connectivity index (χ0v) is 22.9. The van der Waals surface area contributed by atoms with Crippen molar-refractivity contribution in [2.75, 3.05) is 39.3 Å². The van der Waals surface area contributed by atoms with Crippen LogP contribution in [0.3, 0.4) is 0 Å². The summed E-state index contributed by atoms with van der Waals surface area (Å²) in [7, 11) is -1.66. The number of likely N-dealkylation sites (tertiary alicyclic amines) is 2. The van der Waals surface area contributed by atoms with Gasteiger partial charge in [-0.25, -0.2) is 0 Å². The van der Waals surface area contributed by atoms with Crippen molar-refractivity contribution >= 4 is 32.7 Å². The van der Waals surface area contributed by atoms with Crippen LogP contribution in [0.4, 0.5) is 0 Å². The van der Waals surface area contributed by atoms with Crippen LogP contribution in [-0.2, 0) is 22.1 Å². The van der Waals surface area contributed by atoms with Crippen LogP contribution in [0.1, 0.15) is 37.7 Å². The first-order chi connectivity index (χ1) is 17.5. The van der Waals surface area contributed by atoms with E-state index in [9.17, 15) is 14.1 Å². The number of benzene rings is 2. The van der Waals surface area contributed by atoms with E-state index in [2.05, 4.69) is 49.7 Å². The number of aliphatic carboxylic acids is 1. The van der Waals surface area contributed by atoms with E-state index in [1.807, 2.05) is 12.1 Å². The van der Waals surface area contributed by atoms with Crippen molar-refractivity contribution in [1.29, 1.82) is 0 Å². The summed E-state index contributed by atoms with van der Waals surface area (Å²) < 4.78 is 18.9. The first-order valence-electron chi connectivity index (χ1n) is 12.5. The summed E-state index contributed by atoms with van der Waals surface area (Å²) in [6.07, 6.45) is 4.50. The molecule has 0 bridgehead atoms. The molecule has 2 fully saturated rings. The number of carboxylic acids is 1. The number of rotatable bonds is 8. The fourth-order valence-electron chi connectivity index (χ4n) is 4.74. The third-order valence-corrected chi connectivity index (χ3v) is 9.47. The molecule has 6 nitrogen and oxygen atoms in total. The standard InChI is InChI=1S/C28H33BrN2O4S/c29-24-8-6-23(7-9-24)22-31-19-14-28(15-20-31,27(32)33)36(34)26-12-10-25(11-13-26)35-21-5-4-18-30-16-2-1-3-17-30/h6-13H,1-3,14-22H2,(H,32,33). The minimum atomic E-state index is -1.66. The smallest absolute Gasteiger partial charge is 0.322 e. The SMILES string of the molecule is O=C(O)C1(S(=O)c2ccc(OCC#CCN3CCCCC3)cc2)CCN(Cc2ccc(Br)cc2)CC1. The maximum absolute atomic E-state index is 13.5. The van der Waals surface area contributed by atoms with Crippen LogP contribution < -0.4 is 4.74 Å². The number of carboxylic acid groups (broad SMARTS) is 1. The molecule has 2 heterocycles. The molecule has 1 unspecified atom stereocenters. The van der Waals surface area contributed by atoms with E-state index in [0.29, 0.717) is 43.2 Å². The van der Waals surface area contributed by atoms with Gasteiger partial charge in [0.05, 0.1) is 17.3 Å². The summed E-state index contributed by atoms with van der Waals surface area (Å²) in [4.78, 5) is 17.4. The number of nitrogens with zero attached hydrogens (tertiary/aromatic N) is 2. The predicted molar refractivity (Wildman–Crippen MR) is 145 cm³/mol. The highest BCUT2D eigenvalue weighted by Crippen LogP contribution is 2.34. The minimum Gasteiger partial charge on any atom is -0.481 e. The lowest BCUT2D eigenvalue weighted by molar-refractivity contribution is -0.141. The number of piperidine rings is 2. The molecule has 1 N–H and O–H groups in total. The normalized spacial score (nSPS) is 19.1. The van der Waals surface area contributed by atoms with Gasteiger partial charge in [-0.2, -0.15) is 0 Å². The third-order valence-electron chi connectivity index (χ3n) is 6.95. The summed E-state index contributed by atoms with van der Waals surface area (Å²) >= 11 is 3.45. The highest BCUT2D eigenvalue weighted by atomic mass is 79.9. The topological polar surface area (TPSA) is 70.1 Å².